The highest BCUT2D eigenvalue weighted by Gasteiger charge is 2.58. The van der Waals surface area contributed by atoms with Crippen LogP contribution in [0.15, 0.2) is 18.3 Å². The van der Waals surface area contributed by atoms with Crippen LogP contribution in [0.4, 0.5) is 24.9 Å². The molecule has 10 heteroatoms. The molecular formula is C22H23F3N6O. The molecule has 0 spiro atoms. The second-order valence-corrected chi connectivity index (χ2v) is 9.55. The molecule has 3 aliphatic heterocycles. The Bertz CT molecular complexity index is 1100. The third-order valence-electron chi connectivity index (χ3n) is 7.60. The third kappa shape index (κ3) is 3.02. The molecule has 2 N–H and O–H groups in total. The second-order valence-electron chi connectivity index (χ2n) is 9.55. The van der Waals surface area contributed by atoms with Crippen LogP contribution in [0.1, 0.15) is 36.9 Å². The zero-order valence-electron chi connectivity index (χ0n) is 17.5. The Morgan fingerprint density at radius 3 is 2.44 bits per heavy atom. The number of pyridine rings is 1. The van der Waals surface area contributed by atoms with Gasteiger partial charge in [-0.3, -0.25) is 4.79 Å². The minimum atomic E-state index is -4.59. The van der Waals surface area contributed by atoms with Crippen molar-refractivity contribution in [3.63, 3.8) is 0 Å². The van der Waals surface area contributed by atoms with E-state index in [4.69, 9.17) is 10.7 Å². The predicted octanol–water partition coefficient (Wildman–Crippen LogP) is 2.93. The summed E-state index contributed by atoms with van der Waals surface area (Å²) >= 11 is 0. The number of halogens is 3. The van der Waals surface area contributed by atoms with Gasteiger partial charge in [-0.1, -0.05) is 0 Å². The number of likely N-dealkylation sites (tertiary alicyclic amines) is 1. The third-order valence-corrected chi connectivity index (χ3v) is 7.60. The number of amides is 1. The van der Waals surface area contributed by atoms with Crippen LogP contribution in [0.5, 0.6) is 0 Å². The summed E-state index contributed by atoms with van der Waals surface area (Å²) in [5.74, 6) is 1.65. The van der Waals surface area contributed by atoms with E-state index in [0.717, 1.165) is 31.1 Å². The lowest BCUT2D eigenvalue weighted by molar-refractivity contribution is -0.137. The first kappa shape index (κ1) is 19.8. The topological polar surface area (TPSA) is 88.2 Å². The van der Waals surface area contributed by atoms with Gasteiger partial charge in [0.15, 0.2) is 0 Å². The van der Waals surface area contributed by atoms with Crippen molar-refractivity contribution in [2.75, 3.05) is 30.3 Å². The van der Waals surface area contributed by atoms with E-state index >= 15 is 0 Å². The molecule has 0 unspecified atom stereocenters. The maximum atomic E-state index is 13.4. The summed E-state index contributed by atoms with van der Waals surface area (Å²) in [7, 11) is 0. The molecule has 5 fully saturated rings. The standard InChI is InChI=1S/C22H23F3N6O/c1-10(32)30-8-14-15(9-30)19(14)18-5-17(12-4-16(22(23,24)25)20(26)27-6-12)28-21(29-18)31-7-11-2-13(31)3-11/h4-6,11,13-15,19H,2-3,7-9H2,1H3,(H2,26,27)/t11?,13?,14-,15+,19+. The van der Waals surface area contributed by atoms with Crippen molar-refractivity contribution >= 4 is 17.7 Å². The SMILES string of the molecule is CC(=O)N1C[C@@H]2[C@H](C1)[C@H]2c1cc(-c2cnc(N)c(C(F)(F)F)c2)nc(N2CC3CC2C3)n1. The largest absolute Gasteiger partial charge is 0.419 e. The molecule has 32 heavy (non-hydrogen) atoms. The molecular weight excluding hydrogens is 421 g/mol. The van der Waals surface area contributed by atoms with Gasteiger partial charge in [0, 0.05) is 50.3 Å². The van der Waals surface area contributed by atoms with Gasteiger partial charge < -0.3 is 15.5 Å². The van der Waals surface area contributed by atoms with Gasteiger partial charge in [0.25, 0.3) is 0 Å². The predicted molar refractivity (Wildman–Crippen MR) is 111 cm³/mol. The number of nitrogens with zero attached hydrogens (tertiary/aromatic N) is 5. The minimum Gasteiger partial charge on any atom is -0.383 e. The molecule has 7 nitrogen and oxygen atoms in total. The monoisotopic (exact) mass is 444 g/mol. The first-order valence-electron chi connectivity index (χ1n) is 10.9. The summed E-state index contributed by atoms with van der Waals surface area (Å²) in [5.41, 5.74) is 6.09. The van der Waals surface area contributed by atoms with Crippen molar-refractivity contribution in [1.82, 2.24) is 19.9 Å². The number of carbonyl (C=O) groups is 1. The quantitative estimate of drug-likeness (QED) is 0.783. The van der Waals surface area contributed by atoms with Crippen LogP contribution in [0.2, 0.25) is 0 Å². The lowest BCUT2D eigenvalue weighted by Gasteiger charge is -2.26. The number of anilines is 2. The first-order chi connectivity index (χ1) is 15.2. The van der Waals surface area contributed by atoms with E-state index in [9.17, 15) is 18.0 Å². The van der Waals surface area contributed by atoms with E-state index in [-0.39, 0.29) is 17.4 Å². The zero-order valence-corrected chi connectivity index (χ0v) is 17.5. The van der Waals surface area contributed by atoms with E-state index in [1.165, 1.54) is 6.20 Å². The Balaban J connectivity index is 1.38. The van der Waals surface area contributed by atoms with Crippen molar-refractivity contribution < 1.29 is 18.0 Å². The number of carbonyl (C=O) groups excluding carboxylic acids is 1. The van der Waals surface area contributed by atoms with Gasteiger partial charge in [0.05, 0.1) is 17.0 Å². The van der Waals surface area contributed by atoms with Crippen LogP contribution in [0.25, 0.3) is 11.3 Å². The van der Waals surface area contributed by atoms with Gasteiger partial charge in [-0.2, -0.15) is 13.2 Å². The Morgan fingerprint density at radius 2 is 1.84 bits per heavy atom. The molecule has 1 amide bonds. The molecule has 2 aliphatic carbocycles. The van der Waals surface area contributed by atoms with Crippen molar-refractivity contribution in [3.8, 4) is 11.3 Å². The van der Waals surface area contributed by atoms with Gasteiger partial charge in [-0.05, 0) is 42.7 Å². The Kier molecular flexibility index (Phi) is 4.04. The fourth-order valence-corrected chi connectivity index (χ4v) is 5.74. The summed E-state index contributed by atoms with van der Waals surface area (Å²) in [6.07, 6.45) is -1.01. The summed E-state index contributed by atoms with van der Waals surface area (Å²) in [6, 6.07) is 3.22. The number of hydrogen-bond acceptors (Lipinski definition) is 6. The maximum absolute atomic E-state index is 13.4. The van der Waals surface area contributed by atoms with E-state index in [1.807, 2.05) is 4.90 Å². The second kappa shape index (κ2) is 6.55. The smallest absolute Gasteiger partial charge is 0.383 e. The lowest BCUT2D eigenvalue weighted by Crippen LogP contribution is -2.30. The van der Waals surface area contributed by atoms with Gasteiger partial charge >= 0.3 is 6.18 Å². The van der Waals surface area contributed by atoms with Crippen LogP contribution < -0.4 is 10.6 Å². The van der Waals surface area contributed by atoms with Gasteiger partial charge in [0.1, 0.15) is 5.82 Å². The number of rotatable bonds is 3. The van der Waals surface area contributed by atoms with E-state index in [1.54, 1.807) is 13.0 Å². The summed E-state index contributed by atoms with van der Waals surface area (Å²) in [5, 5.41) is 0. The molecule has 2 aromatic heterocycles. The van der Waals surface area contributed by atoms with Crippen LogP contribution in [-0.4, -0.2) is 51.4 Å². The number of fused-ring (bicyclic) bond motifs is 2. The lowest BCUT2D eigenvalue weighted by atomic mass is 9.86. The Hall–Kier alpha value is -2.91. The van der Waals surface area contributed by atoms with E-state index in [2.05, 4.69) is 14.9 Å². The average Bonchev–Trinajstić information content (AvgIpc) is 3.13. The van der Waals surface area contributed by atoms with Gasteiger partial charge in [-0.15, -0.1) is 0 Å². The van der Waals surface area contributed by atoms with Crippen LogP contribution in [0.3, 0.4) is 0 Å². The molecule has 0 radical (unpaired) electrons. The number of alkyl halides is 3. The Labute approximate surface area is 182 Å². The minimum absolute atomic E-state index is 0.0736. The average molecular weight is 444 g/mol. The maximum Gasteiger partial charge on any atom is 0.419 e. The fourth-order valence-electron chi connectivity index (χ4n) is 5.74. The van der Waals surface area contributed by atoms with Gasteiger partial charge in [0.2, 0.25) is 11.9 Å². The summed E-state index contributed by atoms with van der Waals surface area (Å²) in [6.45, 7) is 3.87. The van der Waals surface area contributed by atoms with E-state index < -0.39 is 17.6 Å². The highest BCUT2D eigenvalue weighted by molar-refractivity contribution is 5.74. The van der Waals surface area contributed by atoms with Crippen molar-refractivity contribution in [2.45, 2.75) is 37.9 Å². The molecule has 168 valence electrons. The van der Waals surface area contributed by atoms with Crippen molar-refractivity contribution in [3.05, 3.63) is 29.6 Å². The highest BCUT2D eigenvalue weighted by Crippen LogP contribution is 2.58. The fraction of sp³-hybridized carbons (Fsp3) is 0.545. The Morgan fingerprint density at radius 1 is 1.12 bits per heavy atom. The number of piperidine rings is 1. The van der Waals surface area contributed by atoms with Crippen LogP contribution >= 0.6 is 0 Å². The molecule has 0 aromatic carbocycles. The van der Waals surface area contributed by atoms with Crippen molar-refractivity contribution in [1.29, 1.82) is 0 Å². The van der Waals surface area contributed by atoms with E-state index in [0.29, 0.717) is 48.5 Å². The molecule has 2 aromatic rings. The molecule has 7 rings (SSSR count). The molecule has 2 bridgehead atoms. The molecule has 3 atom stereocenters. The number of nitrogens with two attached hydrogens (primary N) is 1. The number of hydrogen-bond donors (Lipinski definition) is 1. The van der Waals surface area contributed by atoms with Crippen molar-refractivity contribution in [2.24, 2.45) is 17.8 Å². The number of nitrogen functional groups attached to an aromatic ring is 1. The molecule has 5 aliphatic rings. The van der Waals surface area contributed by atoms with Crippen LogP contribution in [-0.2, 0) is 11.0 Å². The van der Waals surface area contributed by atoms with Crippen LogP contribution in [0, 0.1) is 17.8 Å². The summed E-state index contributed by atoms with van der Waals surface area (Å²) < 4.78 is 40.2. The highest BCUT2D eigenvalue weighted by atomic mass is 19.4. The van der Waals surface area contributed by atoms with Gasteiger partial charge in [-0.25, -0.2) is 15.0 Å². The first-order valence-corrected chi connectivity index (χ1v) is 10.9. The molecule has 3 saturated heterocycles. The molecule has 2 saturated carbocycles. The summed E-state index contributed by atoms with van der Waals surface area (Å²) in [4.78, 5) is 29.0. The normalized spacial score (nSPS) is 30.3. The zero-order chi connectivity index (χ0) is 22.4. The number of aromatic nitrogens is 3. The molecule has 5 heterocycles.